The molecule has 0 amide bonds. The maximum atomic E-state index is 10.7. The predicted octanol–water partition coefficient (Wildman–Crippen LogP) is 1.65. The van der Waals surface area contributed by atoms with E-state index < -0.39 is 0 Å². The number of hydrogen-bond donors (Lipinski definition) is 1. The van der Waals surface area contributed by atoms with Crippen molar-refractivity contribution < 1.29 is 4.79 Å². The number of carbonyl (C=O) groups excluding carboxylic acids is 1. The Labute approximate surface area is 96.4 Å². The molecule has 0 aliphatic carbocycles. The van der Waals surface area contributed by atoms with Crippen molar-refractivity contribution in [1.29, 1.82) is 0 Å². The molecule has 0 spiro atoms. The van der Waals surface area contributed by atoms with Crippen LogP contribution in [0.4, 0.5) is 0 Å². The molecule has 5 nitrogen and oxygen atoms in total. The second-order valence-electron chi connectivity index (χ2n) is 3.07. The first-order chi connectivity index (χ1) is 7.77. The van der Waals surface area contributed by atoms with E-state index in [1.165, 1.54) is 18.1 Å². The maximum absolute atomic E-state index is 10.7. The third-order valence-corrected chi connectivity index (χ3v) is 2.68. The summed E-state index contributed by atoms with van der Waals surface area (Å²) in [4.78, 5) is 25.9. The van der Waals surface area contributed by atoms with Crippen LogP contribution in [0.3, 0.4) is 0 Å². The number of aromatic amines is 1. The minimum atomic E-state index is 0.110. The molecule has 0 saturated heterocycles. The van der Waals surface area contributed by atoms with E-state index in [0.717, 1.165) is 11.2 Å². The van der Waals surface area contributed by atoms with Crippen molar-refractivity contribution in [2.75, 3.05) is 5.75 Å². The second-order valence-corrected chi connectivity index (χ2v) is 4.26. The number of nitrogens with one attached hydrogen (secondary N) is 1. The highest BCUT2D eigenvalue weighted by Crippen LogP contribution is 2.11. The highest BCUT2D eigenvalue weighted by molar-refractivity contribution is 8.13. The number of carbonyl (C=O) groups is 1. The topological polar surface area (TPSA) is 71.5 Å². The molecule has 0 saturated carbocycles. The van der Waals surface area contributed by atoms with E-state index in [0.29, 0.717) is 11.4 Å². The Hall–Kier alpha value is -1.69. The molecule has 2 aromatic heterocycles. The molecule has 2 aromatic rings. The summed E-state index contributed by atoms with van der Waals surface area (Å²) in [5.41, 5.74) is 2.24. The molecule has 16 heavy (non-hydrogen) atoms. The minimum absolute atomic E-state index is 0.110. The monoisotopic (exact) mass is 234 g/mol. The summed E-state index contributed by atoms with van der Waals surface area (Å²) < 4.78 is 0. The van der Waals surface area contributed by atoms with E-state index in [1.54, 1.807) is 13.3 Å². The van der Waals surface area contributed by atoms with Crippen LogP contribution in [0.25, 0.3) is 17.2 Å². The smallest absolute Gasteiger partial charge is 0.186 e. The van der Waals surface area contributed by atoms with Gasteiger partial charge in [-0.05, 0) is 6.08 Å². The van der Waals surface area contributed by atoms with Crippen molar-refractivity contribution in [1.82, 2.24) is 19.9 Å². The Morgan fingerprint density at radius 1 is 1.50 bits per heavy atom. The van der Waals surface area contributed by atoms with Crippen molar-refractivity contribution in [2.24, 2.45) is 0 Å². The molecule has 2 rings (SSSR count). The Balaban J connectivity index is 2.14. The second kappa shape index (κ2) is 4.89. The molecule has 0 aromatic carbocycles. The fraction of sp³-hybridized carbons (Fsp3) is 0.200. The fourth-order valence-corrected chi connectivity index (χ4v) is 1.66. The Morgan fingerprint density at radius 3 is 3.19 bits per heavy atom. The van der Waals surface area contributed by atoms with Gasteiger partial charge in [-0.25, -0.2) is 15.0 Å². The van der Waals surface area contributed by atoms with E-state index >= 15 is 0 Å². The third-order valence-electron chi connectivity index (χ3n) is 1.91. The van der Waals surface area contributed by atoms with Crippen LogP contribution < -0.4 is 0 Å². The molecule has 2 heterocycles. The first-order valence-corrected chi connectivity index (χ1v) is 5.70. The molecule has 0 atom stereocenters. The summed E-state index contributed by atoms with van der Waals surface area (Å²) >= 11 is 1.26. The number of rotatable bonds is 3. The summed E-state index contributed by atoms with van der Waals surface area (Å²) in [6.07, 6.45) is 6.81. The van der Waals surface area contributed by atoms with Crippen LogP contribution in [-0.4, -0.2) is 30.8 Å². The van der Waals surface area contributed by atoms with Crippen molar-refractivity contribution in [3.8, 4) is 0 Å². The maximum Gasteiger partial charge on any atom is 0.186 e. The number of imidazole rings is 1. The van der Waals surface area contributed by atoms with Gasteiger partial charge in [0.25, 0.3) is 0 Å². The van der Waals surface area contributed by atoms with Crippen LogP contribution >= 0.6 is 11.8 Å². The Kier molecular flexibility index (Phi) is 3.31. The van der Waals surface area contributed by atoms with E-state index in [4.69, 9.17) is 0 Å². The molecule has 0 unspecified atom stereocenters. The molecule has 6 heteroatoms. The summed E-state index contributed by atoms with van der Waals surface area (Å²) in [5, 5.41) is 0.110. The zero-order valence-electron chi connectivity index (χ0n) is 8.67. The van der Waals surface area contributed by atoms with E-state index in [2.05, 4.69) is 19.9 Å². The minimum Gasteiger partial charge on any atom is -0.341 e. The lowest BCUT2D eigenvalue weighted by Crippen LogP contribution is -1.87. The lowest BCUT2D eigenvalue weighted by molar-refractivity contribution is -0.109. The highest BCUT2D eigenvalue weighted by atomic mass is 32.2. The zero-order valence-corrected chi connectivity index (χ0v) is 9.49. The normalized spacial score (nSPS) is 11.3. The Bertz CT molecular complexity index is 534. The SMILES string of the molecule is CC(=O)SCC=Cc1ncnc2nc[nH]c12. The van der Waals surface area contributed by atoms with E-state index in [9.17, 15) is 4.79 Å². The number of H-pyrrole nitrogens is 1. The van der Waals surface area contributed by atoms with E-state index in [1.807, 2.05) is 12.2 Å². The number of aromatic nitrogens is 4. The molecule has 0 fully saturated rings. The van der Waals surface area contributed by atoms with Gasteiger partial charge in [-0.1, -0.05) is 17.8 Å². The number of nitrogens with zero attached hydrogens (tertiary/aromatic N) is 3. The van der Waals surface area contributed by atoms with E-state index in [-0.39, 0.29) is 5.12 Å². The summed E-state index contributed by atoms with van der Waals surface area (Å²) in [6.45, 7) is 1.55. The average molecular weight is 234 g/mol. The molecule has 0 aliphatic heterocycles. The zero-order chi connectivity index (χ0) is 11.4. The number of hydrogen-bond acceptors (Lipinski definition) is 5. The van der Waals surface area contributed by atoms with Gasteiger partial charge in [0.2, 0.25) is 0 Å². The molecule has 0 aliphatic rings. The molecule has 1 N–H and O–H groups in total. The van der Waals surface area contributed by atoms with Gasteiger partial charge in [-0.2, -0.15) is 0 Å². The van der Waals surface area contributed by atoms with Crippen LogP contribution in [0.1, 0.15) is 12.6 Å². The third kappa shape index (κ3) is 2.46. The predicted molar refractivity (Wildman–Crippen MR) is 63.9 cm³/mol. The van der Waals surface area contributed by atoms with Gasteiger partial charge < -0.3 is 4.98 Å². The van der Waals surface area contributed by atoms with Gasteiger partial charge in [-0.3, -0.25) is 4.79 Å². The van der Waals surface area contributed by atoms with Gasteiger partial charge in [0.15, 0.2) is 10.8 Å². The highest BCUT2D eigenvalue weighted by Gasteiger charge is 2.01. The molecular weight excluding hydrogens is 224 g/mol. The van der Waals surface area contributed by atoms with Crippen molar-refractivity contribution in [3.63, 3.8) is 0 Å². The van der Waals surface area contributed by atoms with Gasteiger partial charge in [0, 0.05) is 12.7 Å². The van der Waals surface area contributed by atoms with Gasteiger partial charge in [0.05, 0.1) is 12.0 Å². The van der Waals surface area contributed by atoms with Crippen LogP contribution in [0.5, 0.6) is 0 Å². The van der Waals surface area contributed by atoms with Crippen LogP contribution in [-0.2, 0) is 4.79 Å². The standard InChI is InChI=1S/C10H10N4OS/c1-7(15)16-4-2-3-8-9-10(13-5-11-8)14-6-12-9/h2-3,5-6H,4H2,1H3,(H,11,12,13,14). The van der Waals surface area contributed by atoms with Crippen molar-refractivity contribution in [2.45, 2.75) is 6.92 Å². The molecule has 82 valence electrons. The van der Waals surface area contributed by atoms with Gasteiger partial charge >= 0.3 is 0 Å². The molecule has 0 bridgehead atoms. The average Bonchev–Trinajstić information content (AvgIpc) is 2.72. The lowest BCUT2D eigenvalue weighted by Gasteiger charge is -1.93. The Morgan fingerprint density at radius 2 is 2.38 bits per heavy atom. The lowest BCUT2D eigenvalue weighted by atomic mass is 10.3. The molecule has 0 radical (unpaired) electrons. The molecular formula is C10H10N4OS. The summed E-state index contributed by atoms with van der Waals surface area (Å²) in [6, 6.07) is 0. The first-order valence-electron chi connectivity index (χ1n) is 4.71. The number of fused-ring (bicyclic) bond motifs is 1. The van der Waals surface area contributed by atoms with Crippen molar-refractivity contribution in [3.05, 3.63) is 24.4 Å². The van der Waals surface area contributed by atoms with Gasteiger partial charge in [0.1, 0.15) is 11.8 Å². The fourth-order valence-electron chi connectivity index (χ4n) is 1.24. The summed E-state index contributed by atoms with van der Waals surface area (Å²) in [7, 11) is 0. The largest absolute Gasteiger partial charge is 0.341 e. The number of thioether (sulfide) groups is 1. The van der Waals surface area contributed by atoms with Crippen LogP contribution in [0, 0.1) is 0 Å². The van der Waals surface area contributed by atoms with Crippen LogP contribution in [0.15, 0.2) is 18.7 Å². The van der Waals surface area contributed by atoms with Crippen LogP contribution in [0.2, 0.25) is 0 Å². The van der Waals surface area contributed by atoms with Crippen molar-refractivity contribution >= 4 is 34.1 Å². The quantitative estimate of drug-likeness (QED) is 0.874. The summed E-state index contributed by atoms with van der Waals surface area (Å²) in [5.74, 6) is 0.648. The van der Waals surface area contributed by atoms with Gasteiger partial charge in [-0.15, -0.1) is 0 Å². The first kappa shape index (κ1) is 10.8.